The molecule has 0 N–H and O–H groups in total. The van der Waals surface area contributed by atoms with Gasteiger partial charge >= 0.3 is 6.18 Å². The molecule has 4 nitrogen and oxygen atoms in total. The first-order valence-corrected chi connectivity index (χ1v) is 5.59. The van der Waals surface area contributed by atoms with Gasteiger partial charge in [0.1, 0.15) is 0 Å². The zero-order valence-electron chi connectivity index (χ0n) is 10.1. The van der Waals surface area contributed by atoms with Crippen molar-refractivity contribution in [3.63, 3.8) is 0 Å². The van der Waals surface area contributed by atoms with Crippen LogP contribution in [0.15, 0.2) is 30.7 Å². The van der Waals surface area contributed by atoms with E-state index < -0.39 is 23.4 Å². The highest BCUT2D eigenvalue weighted by Crippen LogP contribution is 2.35. The average Bonchev–Trinajstić information content (AvgIpc) is 2.81. The van der Waals surface area contributed by atoms with E-state index in [0.29, 0.717) is 6.20 Å². The molecule has 0 aliphatic carbocycles. The van der Waals surface area contributed by atoms with E-state index in [1.807, 2.05) is 0 Å². The number of hydrogen-bond acceptors (Lipinski definition) is 3. The van der Waals surface area contributed by atoms with Gasteiger partial charge in [-0.05, 0) is 6.07 Å². The summed E-state index contributed by atoms with van der Waals surface area (Å²) >= 11 is 0. The first-order chi connectivity index (χ1) is 9.86. The Labute approximate surface area is 113 Å². The lowest BCUT2D eigenvalue weighted by Crippen LogP contribution is -2.07. The summed E-state index contributed by atoms with van der Waals surface area (Å²) in [5.41, 5.74) is -1.45. The molecule has 0 aliphatic heterocycles. The van der Waals surface area contributed by atoms with Crippen LogP contribution in [0.1, 0.15) is 5.56 Å². The molecule has 0 saturated carbocycles. The minimum absolute atomic E-state index is 0.110. The number of alkyl halides is 3. The van der Waals surface area contributed by atoms with E-state index >= 15 is 0 Å². The first kappa shape index (κ1) is 13.4. The van der Waals surface area contributed by atoms with Crippen molar-refractivity contribution in [1.82, 2.24) is 19.6 Å². The van der Waals surface area contributed by atoms with Crippen molar-refractivity contribution in [2.45, 2.75) is 6.18 Å². The van der Waals surface area contributed by atoms with Gasteiger partial charge in [-0.3, -0.25) is 4.98 Å². The molecule has 0 bridgehead atoms. The van der Waals surface area contributed by atoms with Crippen LogP contribution in [0.3, 0.4) is 0 Å². The van der Waals surface area contributed by atoms with Crippen molar-refractivity contribution in [1.29, 1.82) is 0 Å². The number of rotatable bonds is 1. The maximum atomic E-state index is 13.1. The molecule has 3 aromatic rings. The lowest BCUT2D eigenvalue weighted by molar-refractivity contribution is -0.137. The highest BCUT2D eigenvalue weighted by molar-refractivity contribution is 5.62. The molecular formula is C12H5F5N4. The SMILES string of the molecule is Fc1cc2nc(-c3cnccc3C(F)(F)F)nn2cc1F. The van der Waals surface area contributed by atoms with Crippen LogP contribution in [0.2, 0.25) is 0 Å². The third kappa shape index (κ3) is 2.30. The summed E-state index contributed by atoms with van der Waals surface area (Å²) < 4.78 is 65.7. The maximum absolute atomic E-state index is 13.1. The molecular weight excluding hydrogens is 295 g/mol. The van der Waals surface area contributed by atoms with Crippen molar-refractivity contribution in [3.8, 4) is 11.4 Å². The van der Waals surface area contributed by atoms with E-state index in [2.05, 4.69) is 15.1 Å². The summed E-state index contributed by atoms with van der Waals surface area (Å²) in [6, 6.07) is 1.53. The molecule has 0 saturated heterocycles. The van der Waals surface area contributed by atoms with Crippen LogP contribution in [0.25, 0.3) is 17.0 Å². The third-order valence-corrected chi connectivity index (χ3v) is 2.74. The molecule has 9 heteroatoms. The van der Waals surface area contributed by atoms with E-state index in [0.717, 1.165) is 29.0 Å². The fraction of sp³-hybridized carbons (Fsp3) is 0.0833. The Bertz CT molecular complexity index is 785. The van der Waals surface area contributed by atoms with Crippen molar-refractivity contribution in [3.05, 3.63) is 47.9 Å². The molecule has 0 fully saturated rings. The zero-order chi connectivity index (χ0) is 15.2. The van der Waals surface area contributed by atoms with E-state index in [1.165, 1.54) is 0 Å². The Hall–Kier alpha value is -2.58. The monoisotopic (exact) mass is 300 g/mol. The van der Waals surface area contributed by atoms with Gasteiger partial charge in [0.15, 0.2) is 23.1 Å². The Morgan fingerprint density at radius 2 is 1.86 bits per heavy atom. The van der Waals surface area contributed by atoms with Crippen LogP contribution in [0.4, 0.5) is 22.0 Å². The quantitative estimate of drug-likeness (QED) is 0.649. The van der Waals surface area contributed by atoms with Crippen molar-refractivity contribution in [2.24, 2.45) is 0 Å². The maximum Gasteiger partial charge on any atom is 0.417 e. The van der Waals surface area contributed by atoms with E-state index in [1.54, 1.807) is 0 Å². The minimum Gasteiger partial charge on any atom is -0.264 e. The standard InChI is InChI=1S/C12H5F5N4/c13-8-3-10-19-11(20-21(10)5-9(8)14)6-4-18-2-1-7(6)12(15,16)17/h1-5H. The fourth-order valence-electron chi connectivity index (χ4n) is 1.81. The lowest BCUT2D eigenvalue weighted by Gasteiger charge is -2.09. The average molecular weight is 300 g/mol. The molecule has 3 rings (SSSR count). The second-order valence-electron chi connectivity index (χ2n) is 4.13. The summed E-state index contributed by atoms with van der Waals surface area (Å²) in [6.45, 7) is 0. The van der Waals surface area contributed by atoms with Gasteiger partial charge in [0.2, 0.25) is 0 Å². The van der Waals surface area contributed by atoms with Crippen LogP contribution in [-0.4, -0.2) is 19.6 Å². The summed E-state index contributed by atoms with van der Waals surface area (Å²) in [7, 11) is 0. The normalized spacial score (nSPS) is 12.0. The number of nitrogens with zero attached hydrogens (tertiary/aromatic N) is 4. The van der Waals surface area contributed by atoms with Crippen LogP contribution < -0.4 is 0 Å². The molecule has 3 heterocycles. The second kappa shape index (κ2) is 4.47. The topological polar surface area (TPSA) is 43.1 Å². The molecule has 0 unspecified atom stereocenters. The number of hydrogen-bond donors (Lipinski definition) is 0. The number of fused-ring (bicyclic) bond motifs is 1. The van der Waals surface area contributed by atoms with Crippen LogP contribution in [0.5, 0.6) is 0 Å². The Kier molecular flexibility index (Phi) is 2.85. The zero-order valence-corrected chi connectivity index (χ0v) is 10.1. The Balaban J connectivity index is 2.22. The molecule has 108 valence electrons. The Morgan fingerprint density at radius 3 is 2.57 bits per heavy atom. The highest BCUT2D eigenvalue weighted by atomic mass is 19.4. The van der Waals surface area contributed by atoms with Gasteiger partial charge in [-0.2, -0.15) is 13.2 Å². The van der Waals surface area contributed by atoms with Crippen LogP contribution in [0, 0.1) is 11.6 Å². The fourth-order valence-corrected chi connectivity index (χ4v) is 1.81. The summed E-state index contributed by atoms with van der Waals surface area (Å²) in [5, 5.41) is 3.72. The van der Waals surface area contributed by atoms with E-state index in [9.17, 15) is 22.0 Å². The number of halogens is 5. The predicted octanol–water partition coefficient (Wildman–Crippen LogP) is 3.09. The molecule has 0 amide bonds. The predicted molar refractivity (Wildman–Crippen MR) is 61.1 cm³/mol. The molecule has 0 aliphatic rings. The highest BCUT2D eigenvalue weighted by Gasteiger charge is 2.34. The molecule has 0 aromatic carbocycles. The lowest BCUT2D eigenvalue weighted by atomic mass is 10.1. The largest absolute Gasteiger partial charge is 0.417 e. The number of pyridine rings is 2. The van der Waals surface area contributed by atoms with Gasteiger partial charge in [-0.25, -0.2) is 18.3 Å². The Morgan fingerprint density at radius 1 is 1.10 bits per heavy atom. The van der Waals surface area contributed by atoms with E-state index in [4.69, 9.17) is 0 Å². The smallest absolute Gasteiger partial charge is 0.264 e. The van der Waals surface area contributed by atoms with Gasteiger partial charge in [-0.1, -0.05) is 0 Å². The van der Waals surface area contributed by atoms with Crippen LogP contribution >= 0.6 is 0 Å². The van der Waals surface area contributed by atoms with Crippen molar-refractivity contribution in [2.75, 3.05) is 0 Å². The number of aromatic nitrogens is 4. The van der Waals surface area contributed by atoms with Crippen LogP contribution in [-0.2, 0) is 6.18 Å². The van der Waals surface area contributed by atoms with Gasteiger partial charge in [0, 0.05) is 18.5 Å². The first-order valence-electron chi connectivity index (χ1n) is 5.59. The van der Waals surface area contributed by atoms with Crippen molar-refractivity contribution < 1.29 is 22.0 Å². The van der Waals surface area contributed by atoms with Gasteiger partial charge in [0.25, 0.3) is 0 Å². The van der Waals surface area contributed by atoms with Gasteiger partial charge in [0.05, 0.1) is 17.3 Å². The molecule has 21 heavy (non-hydrogen) atoms. The third-order valence-electron chi connectivity index (χ3n) is 2.74. The minimum atomic E-state index is -4.62. The second-order valence-corrected chi connectivity index (χ2v) is 4.13. The summed E-state index contributed by atoms with van der Waals surface area (Å²) in [5.74, 6) is -2.66. The molecule has 0 spiro atoms. The summed E-state index contributed by atoms with van der Waals surface area (Å²) in [4.78, 5) is 7.37. The molecule has 0 atom stereocenters. The van der Waals surface area contributed by atoms with Gasteiger partial charge < -0.3 is 0 Å². The van der Waals surface area contributed by atoms with Gasteiger partial charge in [-0.15, -0.1) is 5.10 Å². The van der Waals surface area contributed by atoms with E-state index in [-0.39, 0.29) is 17.0 Å². The molecule has 0 radical (unpaired) electrons. The summed E-state index contributed by atoms with van der Waals surface area (Å²) in [6.07, 6.45) is -1.98. The molecule has 3 aromatic heterocycles. The van der Waals surface area contributed by atoms with Crippen molar-refractivity contribution >= 4 is 5.65 Å².